The third-order valence-electron chi connectivity index (χ3n) is 4.67. The molecule has 0 saturated carbocycles. The average Bonchev–Trinajstić information content (AvgIpc) is 3.37. The van der Waals surface area contributed by atoms with Crippen molar-refractivity contribution in [2.45, 2.75) is 50.2 Å². The van der Waals surface area contributed by atoms with E-state index in [1.165, 1.54) is 12.2 Å². The molecule has 14 heteroatoms. The van der Waals surface area contributed by atoms with Gasteiger partial charge in [0.15, 0.2) is 0 Å². The molecule has 0 spiro atoms. The van der Waals surface area contributed by atoms with Crippen LogP contribution in [-0.2, 0) is 33.3 Å². The van der Waals surface area contributed by atoms with Crippen LogP contribution in [0, 0.1) is 0 Å². The van der Waals surface area contributed by atoms with E-state index < -0.39 is 12.1 Å². The summed E-state index contributed by atoms with van der Waals surface area (Å²) in [4.78, 5) is 46.0. The van der Waals surface area contributed by atoms with Gasteiger partial charge < -0.3 is 29.6 Å². The smallest absolute Gasteiger partial charge is 0.421 e. The number of hydrogen-bond acceptors (Lipinski definition) is 11. The van der Waals surface area contributed by atoms with Gasteiger partial charge >= 0.3 is 12.1 Å². The first-order chi connectivity index (χ1) is 17.0. The molecule has 1 unspecified atom stereocenters. The number of esters is 1. The lowest BCUT2D eigenvalue weighted by atomic mass is 10.1. The van der Waals surface area contributed by atoms with E-state index in [2.05, 4.69) is 15.4 Å². The second kappa shape index (κ2) is 21.5. The van der Waals surface area contributed by atoms with Gasteiger partial charge in [0.25, 0.3) is 0 Å². The molecule has 202 valence electrons. The lowest BCUT2D eigenvalue weighted by Crippen LogP contribution is -2.31. The lowest BCUT2D eigenvalue weighted by Gasteiger charge is -2.09. The van der Waals surface area contributed by atoms with Crippen LogP contribution in [0.1, 0.15) is 44.9 Å². The third-order valence-corrected chi connectivity index (χ3v) is 7.68. The van der Waals surface area contributed by atoms with Crippen LogP contribution in [0.3, 0.4) is 0 Å². The van der Waals surface area contributed by atoms with E-state index in [1.54, 1.807) is 0 Å². The summed E-state index contributed by atoms with van der Waals surface area (Å²) in [6.45, 7) is 1.88. The molecule has 1 aliphatic heterocycles. The van der Waals surface area contributed by atoms with E-state index in [0.29, 0.717) is 32.8 Å². The zero-order chi connectivity index (χ0) is 25.6. The number of unbranched alkanes of at least 4 members (excludes halogenated alkanes) is 1. The van der Waals surface area contributed by atoms with E-state index in [4.69, 9.17) is 20.1 Å². The van der Waals surface area contributed by atoms with Gasteiger partial charge in [-0.25, -0.2) is 10.6 Å². The highest BCUT2D eigenvalue weighted by atomic mass is 33.1. The van der Waals surface area contributed by atoms with Crippen molar-refractivity contribution >= 4 is 45.5 Å². The van der Waals surface area contributed by atoms with Crippen molar-refractivity contribution in [3.05, 3.63) is 0 Å². The molecule has 0 aromatic heterocycles. The molecular weight excluding hydrogens is 500 g/mol. The molecule has 35 heavy (non-hydrogen) atoms. The van der Waals surface area contributed by atoms with Crippen molar-refractivity contribution in [2.24, 2.45) is 5.84 Å². The summed E-state index contributed by atoms with van der Waals surface area (Å²) in [5.41, 5.74) is 1.83. The fraction of sp³-hybridized carbons (Fsp3) is 0.810. The van der Waals surface area contributed by atoms with Gasteiger partial charge in [0.2, 0.25) is 11.8 Å². The van der Waals surface area contributed by atoms with Gasteiger partial charge in [-0.05, 0) is 19.3 Å². The monoisotopic (exact) mass is 538 g/mol. The molecule has 0 aromatic rings. The van der Waals surface area contributed by atoms with Gasteiger partial charge in [0, 0.05) is 30.4 Å². The summed E-state index contributed by atoms with van der Waals surface area (Å²) < 4.78 is 20.1. The van der Waals surface area contributed by atoms with Gasteiger partial charge in [-0.2, -0.15) is 0 Å². The Hall–Kier alpha value is -1.74. The number of amides is 3. The van der Waals surface area contributed by atoms with Crippen LogP contribution >= 0.6 is 21.6 Å². The molecule has 12 nitrogen and oxygen atoms in total. The zero-order valence-electron chi connectivity index (χ0n) is 20.1. The number of ether oxygens (including phenoxy) is 4. The maximum absolute atomic E-state index is 11.8. The van der Waals surface area contributed by atoms with E-state index in [9.17, 15) is 19.2 Å². The molecule has 1 atom stereocenters. The molecule has 1 saturated heterocycles. The first kappa shape index (κ1) is 31.3. The molecule has 0 aromatic carbocycles. The number of rotatable bonds is 20. The van der Waals surface area contributed by atoms with E-state index in [1.807, 2.05) is 27.0 Å². The normalized spacial score (nSPS) is 14.8. The Morgan fingerprint density at radius 3 is 2.20 bits per heavy atom. The summed E-state index contributed by atoms with van der Waals surface area (Å²) in [5.74, 6) is 5.28. The minimum Gasteiger partial charge on any atom is -0.464 e. The van der Waals surface area contributed by atoms with Crippen LogP contribution in [0.15, 0.2) is 0 Å². The minimum atomic E-state index is -0.730. The maximum atomic E-state index is 11.8. The molecule has 1 fully saturated rings. The van der Waals surface area contributed by atoms with Crippen LogP contribution in [0.5, 0.6) is 0 Å². The summed E-state index contributed by atoms with van der Waals surface area (Å²) in [7, 11) is 3.88. The van der Waals surface area contributed by atoms with Gasteiger partial charge in [0.1, 0.15) is 13.2 Å². The van der Waals surface area contributed by atoms with Gasteiger partial charge in [-0.15, -0.1) is 0 Å². The molecule has 0 aliphatic carbocycles. The minimum absolute atomic E-state index is 0.0163. The fourth-order valence-electron chi connectivity index (χ4n) is 2.86. The predicted molar refractivity (Wildman–Crippen MR) is 133 cm³/mol. The van der Waals surface area contributed by atoms with E-state index >= 15 is 0 Å². The molecule has 1 heterocycles. The van der Waals surface area contributed by atoms with E-state index in [0.717, 1.165) is 24.5 Å². The standard InChI is InChI=1S/C21H38N4O8S2/c22-25-21(29)33-15-14-31-13-12-30-10-8-23-19(27)5-6-20(28)32-11-9-24-18(26)4-2-1-3-17-7-16-34-35-17/h17H,1-16,22H2,(H,23,27)(H,24,26)(H,25,29). The highest BCUT2D eigenvalue weighted by molar-refractivity contribution is 8.77. The molecule has 1 aliphatic rings. The third kappa shape index (κ3) is 19.2. The summed E-state index contributed by atoms with van der Waals surface area (Å²) in [6.07, 6.45) is 4.08. The van der Waals surface area contributed by atoms with Crippen LogP contribution in [0.2, 0.25) is 0 Å². The van der Waals surface area contributed by atoms with Crippen molar-refractivity contribution in [1.82, 2.24) is 16.1 Å². The Kier molecular flexibility index (Phi) is 19.3. The molecular formula is C21H38N4O8S2. The van der Waals surface area contributed by atoms with Gasteiger partial charge in [0.05, 0.1) is 39.4 Å². The summed E-state index contributed by atoms with van der Waals surface area (Å²) in [6, 6.07) is 0. The summed E-state index contributed by atoms with van der Waals surface area (Å²) >= 11 is 0. The Morgan fingerprint density at radius 2 is 1.49 bits per heavy atom. The number of carbonyl (C=O) groups excluding carboxylic acids is 4. The van der Waals surface area contributed by atoms with Crippen LogP contribution < -0.4 is 21.9 Å². The van der Waals surface area contributed by atoms with Crippen molar-refractivity contribution in [1.29, 1.82) is 0 Å². The maximum Gasteiger partial charge on any atom is 0.421 e. The van der Waals surface area contributed by atoms with Crippen LogP contribution in [-0.4, -0.2) is 87.6 Å². The Bertz CT molecular complexity index is 624. The first-order valence-electron chi connectivity index (χ1n) is 11.8. The molecule has 0 bridgehead atoms. The highest BCUT2D eigenvalue weighted by Crippen LogP contribution is 2.39. The summed E-state index contributed by atoms with van der Waals surface area (Å²) in [5, 5.41) is 6.12. The van der Waals surface area contributed by atoms with Crippen molar-refractivity contribution in [3.63, 3.8) is 0 Å². The predicted octanol–water partition coefficient (Wildman–Crippen LogP) is 0.889. The Morgan fingerprint density at radius 1 is 0.800 bits per heavy atom. The van der Waals surface area contributed by atoms with Gasteiger partial charge in [-0.1, -0.05) is 28.0 Å². The molecule has 3 amide bonds. The number of hydrazine groups is 1. The lowest BCUT2D eigenvalue weighted by molar-refractivity contribution is -0.145. The zero-order valence-corrected chi connectivity index (χ0v) is 21.7. The molecule has 0 radical (unpaired) electrons. The Balaban J connectivity index is 1.84. The number of nitrogens with one attached hydrogen (secondary N) is 3. The van der Waals surface area contributed by atoms with Gasteiger partial charge in [-0.3, -0.25) is 19.8 Å². The topological polar surface area (TPSA) is 167 Å². The second-order valence-electron chi connectivity index (χ2n) is 7.50. The number of hydrogen-bond donors (Lipinski definition) is 4. The van der Waals surface area contributed by atoms with Crippen LogP contribution in [0.4, 0.5) is 4.79 Å². The second-order valence-corrected chi connectivity index (χ2v) is 10.3. The fourth-order valence-corrected chi connectivity index (χ4v) is 5.89. The first-order valence-corrected chi connectivity index (χ1v) is 14.2. The SMILES string of the molecule is NNC(=O)OCCOCCOCCNC(=O)CCC(=O)OCCNC(=O)CCCCC1CCSS1. The average molecular weight is 539 g/mol. The highest BCUT2D eigenvalue weighted by Gasteiger charge is 2.15. The van der Waals surface area contributed by atoms with Crippen molar-refractivity contribution in [3.8, 4) is 0 Å². The van der Waals surface area contributed by atoms with Crippen molar-refractivity contribution < 1.29 is 38.1 Å². The number of carbonyl (C=O) groups is 4. The van der Waals surface area contributed by atoms with Crippen molar-refractivity contribution in [2.75, 3.05) is 58.5 Å². The number of nitrogens with two attached hydrogens (primary N) is 1. The molecule has 1 rings (SSSR count). The largest absolute Gasteiger partial charge is 0.464 e. The van der Waals surface area contributed by atoms with E-state index in [-0.39, 0.29) is 51.0 Å². The van der Waals surface area contributed by atoms with Crippen LogP contribution in [0.25, 0.3) is 0 Å². The Labute approximate surface area is 214 Å². The molecule has 5 N–H and O–H groups in total. The quantitative estimate of drug-likeness (QED) is 0.0434.